The average molecular weight is 365 g/mol. The van der Waals surface area contributed by atoms with Crippen molar-refractivity contribution in [3.63, 3.8) is 0 Å². The van der Waals surface area contributed by atoms with E-state index in [9.17, 15) is 4.79 Å². The quantitative estimate of drug-likeness (QED) is 0.711. The Labute approximate surface area is 157 Å². The summed E-state index contributed by atoms with van der Waals surface area (Å²) in [4.78, 5) is 27.2. The van der Waals surface area contributed by atoms with Gasteiger partial charge in [-0.15, -0.1) is 0 Å². The molecule has 27 heavy (non-hydrogen) atoms. The Morgan fingerprint density at radius 2 is 2.04 bits per heavy atom. The first kappa shape index (κ1) is 17.4. The van der Waals surface area contributed by atoms with E-state index < -0.39 is 0 Å². The number of pyridine rings is 1. The van der Waals surface area contributed by atoms with Crippen molar-refractivity contribution in [2.24, 2.45) is 0 Å². The lowest BCUT2D eigenvalue weighted by Gasteiger charge is -2.31. The number of nitrogens with one attached hydrogen (secondary N) is 2. The van der Waals surface area contributed by atoms with Gasteiger partial charge in [0.1, 0.15) is 11.5 Å². The topological polar surface area (TPSA) is 88.0 Å². The molecule has 0 atom stereocenters. The van der Waals surface area contributed by atoms with Crippen LogP contribution in [-0.2, 0) is 4.79 Å². The number of aromatic nitrogens is 4. The summed E-state index contributed by atoms with van der Waals surface area (Å²) in [5.74, 6) is 1.47. The van der Waals surface area contributed by atoms with Crippen LogP contribution in [0.4, 0.5) is 5.95 Å². The van der Waals surface area contributed by atoms with E-state index in [1.807, 2.05) is 35.0 Å². The number of likely N-dealkylation sites (N-methyl/N-ethyl adjacent to an activating group) is 1. The van der Waals surface area contributed by atoms with E-state index in [1.165, 1.54) is 0 Å². The van der Waals surface area contributed by atoms with Crippen LogP contribution in [0.15, 0.2) is 42.9 Å². The van der Waals surface area contributed by atoms with Crippen molar-refractivity contribution in [1.82, 2.24) is 29.7 Å². The van der Waals surface area contributed by atoms with Gasteiger partial charge >= 0.3 is 0 Å². The largest absolute Gasteiger partial charge is 0.358 e. The predicted molar refractivity (Wildman–Crippen MR) is 104 cm³/mol. The SMILES string of the molecule is CNC(=O)CN1CCC(Nc2nccc(-n3ccc4cccnc43)n2)CC1. The zero-order chi connectivity index (χ0) is 18.6. The molecule has 140 valence electrons. The molecule has 0 radical (unpaired) electrons. The number of carbonyl (C=O) groups excluding carboxylic acids is 1. The van der Waals surface area contributed by atoms with E-state index in [1.54, 1.807) is 19.4 Å². The van der Waals surface area contributed by atoms with Gasteiger partial charge in [-0.05, 0) is 37.1 Å². The highest BCUT2D eigenvalue weighted by Crippen LogP contribution is 2.18. The number of rotatable bonds is 5. The number of carbonyl (C=O) groups is 1. The Balaban J connectivity index is 1.43. The Morgan fingerprint density at radius 3 is 2.85 bits per heavy atom. The standard InChI is InChI=1S/C19H23N7O/c1-20-17(27)13-25-10-6-15(7-11-25)23-19-22-9-4-16(24-19)26-12-5-14-3-2-8-21-18(14)26/h2-5,8-9,12,15H,6-7,10-11,13H2,1H3,(H,20,27)(H,22,23,24). The van der Waals surface area contributed by atoms with Crippen molar-refractivity contribution in [1.29, 1.82) is 0 Å². The van der Waals surface area contributed by atoms with Crippen LogP contribution in [0.3, 0.4) is 0 Å². The second-order valence-corrected chi connectivity index (χ2v) is 6.71. The van der Waals surface area contributed by atoms with Crippen LogP contribution in [-0.4, -0.2) is 63.0 Å². The van der Waals surface area contributed by atoms with Crippen molar-refractivity contribution in [3.8, 4) is 5.82 Å². The molecule has 4 rings (SSSR count). The van der Waals surface area contributed by atoms with E-state index in [0.29, 0.717) is 18.5 Å². The number of likely N-dealkylation sites (tertiary alicyclic amines) is 1. The summed E-state index contributed by atoms with van der Waals surface area (Å²) < 4.78 is 1.97. The molecule has 0 aromatic carbocycles. The minimum atomic E-state index is 0.0602. The zero-order valence-corrected chi connectivity index (χ0v) is 15.3. The highest BCUT2D eigenvalue weighted by molar-refractivity contribution is 5.78. The summed E-state index contributed by atoms with van der Waals surface area (Å²) in [6.45, 7) is 2.23. The van der Waals surface area contributed by atoms with E-state index in [-0.39, 0.29) is 5.91 Å². The molecule has 0 unspecified atom stereocenters. The number of anilines is 1. The van der Waals surface area contributed by atoms with Gasteiger partial charge in [-0.3, -0.25) is 14.3 Å². The lowest BCUT2D eigenvalue weighted by atomic mass is 10.1. The number of hydrogen-bond donors (Lipinski definition) is 2. The molecule has 8 heteroatoms. The molecular weight excluding hydrogens is 342 g/mol. The number of amides is 1. The Bertz CT molecular complexity index is 930. The normalized spacial score (nSPS) is 15.7. The molecule has 8 nitrogen and oxygen atoms in total. The molecular formula is C19H23N7O. The van der Waals surface area contributed by atoms with Crippen molar-refractivity contribution >= 4 is 22.9 Å². The average Bonchev–Trinajstić information content (AvgIpc) is 3.14. The summed E-state index contributed by atoms with van der Waals surface area (Å²) >= 11 is 0. The first-order valence-corrected chi connectivity index (χ1v) is 9.18. The third-order valence-electron chi connectivity index (χ3n) is 4.90. The van der Waals surface area contributed by atoms with Gasteiger partial charge in [0.25, 0.3) is 0 Å². The van der Waals surface area contributed by atoms with Crippen LogP contribution >= 0.6 is 0 Å². The smallest absolute Gasteiger partial charge is 0.233 e. The first-order chi connectivity index (χ1) is 13.2. The third-order valence-corrected chi connectivity index (χ3v) is 4.90. The van der Waals surface area contributed by atoms with Crippen LogP contribution in [0.2, 0.25) is 0 Å². The number of hydrogen-bond acceptors (Lipinski definition) is 6. The van der Waals surface area contributed by atoms with Crippen molar-refractivity contribution in [2.75, 3.05) is 32.0 Å². The number of piperidine rings is 1. The van der Waals surface area contributed by atoms with Gasteiger partial charge in [0.15, 0.2) is 0 Å². The second kappa shape index (κ2) is 7.71. The maximum Gasteiger partial charge on any atom is 0.233 e. The van der Waals surface area contributed by atoms with Crippen LogP contribution in [0.1, 0.15) is 12.8 Å². The fourth-order valence-electron chi connectivity index (χ4n) is 3.40. The van der Waals surface area contributed by atoms with E-state index >= 15 is 0 Å². The molecule has 0 saturated carbocycles. The Morgan fingerprint density at radius 1 is 1.19 bits per heavy atom. The summed E-state index contributed by atoms with van der Waals surface area (Å²) in [6.07, 6.45) is 7.43. The number of nitrogens with zero attached hydrogens (tertiary/aromatic N) is 5. The number of fused-ring (bicyclic) bond motifs is 1. The second-order valence-electron chi connectivity index (χ2n) is 6.71. The lowest BCUT2D eigenvalue weighted by Crippen LogP contribution is -2.43. The maximum atomic E-state index is 11.5. The molecule has 2 N–H and O–H groups in total. The van der Waals surface area contributed by atoms with Gasteiger partial charge in [-0.25, -0.2) is 9.97 Å². The monoisotopic (exact) mass is 365 g/mol. The van der Waals surface area contributed by atoms with Crippen LogP contribution < -0.4 is 10.6 Å². The summed E-state index contributed by atoms with van der Waals surface area (Å²) in [7, 11) is 1.67. The lowest BCUT2D eigenvalue weighted by molar-refractivity contribution is -0.122. The Kier molecular flexibility index (Phi) is 4.97. The van der Waals surface area contributed by atoms with E-state index in [0.717, 1.165) is 42.8 Å². The van der Waals surface area contributed by atoms with Crippen molar-refractivity contribution < 1.29 is 4.79 Å². The van der Waals surface area contributed by atoms with Gasteiger partial charge in [0, 0.05) is 50.2 Å². The first-order valence-electron chi connectivity index (χ1n) is 9.18. The zero-order valence-electron chi connectivity index (χ0n) is 15.3. The minimum Gasteiger partial charge on any atom is -0.358 e. The molecule has 3 aromatic rings. The van der Waals surface area contributed by atoms with Crippen molar-refractivity contribution in [2.45, 2.75) is 18.9 Å². The molecule has 1 fully saturated rings. The minimum absolute atomic E-state index is 0.0602. The Hall–Kier alpha value is -3.00. The molecule has 1 saturated heterocycles. The van der Waals surface area contributed by atoms with Crippen molar-refractivity contribution in [3.05, 3.63) is 42.9 Å². The van der Waals surface area contributed by atoms with Gasteiger partial charge in [-0.2, -0.15) is 4.98 Å². The fraction of sp³-hybridized carbons (Fsp3) is 0.368. The molecule has 1 amide bonds. The summed E-state index contributed by atoms with van der Waals surface area (Å²) in [5.41, 5.74) is 0.879. The molecule has 1 aliphatic rings. The van der Waals surface area contributed by atoms with Gasteiger partial charge in [-0.1, -0.05) is 0 Å². The molecule has 0 aliphatic carbocycles. The highest BCUT2D eigenvalue weighted by Gasteiger charge is 2.21. The predicted octanol–water partition coefficient (Wildman–Crippen LogP) is 1.44. The van der Waals surface area contributed by atoms with Gasteiger partial charge < -0.3 is 10.6 Å². The van der Waals surface area contributed by atoms with Gasteiger partial charge in [0.2, 0.25) is 11.9 Å². The highest BCUT2D eigenvalue weighted by atomic mass is 16.1. The van der Waals surface area contributed by atoms with Gasteiger partial charge in [0.05, 0.1) is 6.54 Å². The van der Waals surface area contributed by atoms with E-state index in [4.69, 9.17) is 0 Å². The molecule has 4 heterocycles. The molecule has 3 aromatic heterocycles. The van der Waals surface area contributed by atoms with Crippen LogP contribution in [0.25, 0.3) is 16.9 Å². The fourth-order valence-corrected chi connectivity index (χ4v) is 3.40. The maximum absolute atomic E-state index is 11.5. The summed E-state index contributed by atoms with van der Waals surface area (Å²) in [5, 5.41) is 7.19. The van der Waals surface area contributed by atoms with Crippen LogP contribution in [0.5, 0.6) is 0 Å². The summed E-state index contributed by atoms with van der Waals surface area (Å²) in [6, 6.07) is 8.17. The molecule has 0 bridgehead atoms. The van der Waals surface area contributed by atoms with E-state index in [2.05, 4.69) is 30.5 Å². The molecule has 1 aliphatic heterocycles. The third kappa shape index (κ3) is 3.90. The van der Waals surface area contributed by atoms with Crippen LogP contribution in [0, 0.1) is 0 Å². The molecule has 0 spiro atoms.